The van der Waals surface area contributed by atoms with E-state index in [0.29, 0.717) is 6.04 Å². The molecule has 0 saturated heterocycles. The van der Waals surface area contributed by atoms with Gasteiger partial charge in [0.15, 0.2) is 0 Å². The van der Waals surface area contributed by atoms with Crippen molar-refractivity contribution in [3.63, 3.8) is 0 Å². The van der Waals surface area contributed by atoms with Gasteiger partial charge in [0, 0.05) is 18.2 Å². The van der Waals surface area contributed by atoms with Gasteiger partial charge in [-0.1, -0.05) is 49.6 Å². The van der Waals surface area contributed by atoms with Crippen LogP contribution in [-0.2, 0) is 6.42 Å². The van der Waals surface area contributed by atoms with Gasteiger partial charge in [-0.05, 0) is 25.3 Å². The molecule has 0 N–H and O–H groups in total. The van der Waals surface area contributed by atoms with Gasteiger partial charge in [-0.25, -0.2) is 0 Å². The first kappa shape index (κ1) is 11.4. The summed E-state index contributed by atoms with van der Waals surface area (Å²) in [6.07, 6.45) is 7.75. The second kappa shape index (κ2) is 5.83. The van der Waals surface area contributed by atoms with Gasteiger partial charge in [-0.15, -0.1) is 0 Å². The first-order valence-electron chi connectivity index (χ1n) is 6.42. The highest BCUT2D eigenvalue weighted by molar-refractivity contribution is 5.84. The van der Waals surface area contributed by atoms with E-state index in [1.54, 1.807) is 0 Å². The molecule has 0 heterocycles. The molecule has 0 aromatic heterocycles. The number of nitrogens with zero attached hydrogens (tertiary/aromatic N) is 1. The summed E-state index contributed by atoms with van der Waals surface area (Å²) in [4.78, 5) is 4.85. The summed E-state index contributed by atoms with van der Waals surface area (Å²) in [6, 6.07) is 11.2. The molecule has 1 fully saturated rings. The molecule has 86 valence electrons. The van der Waals surface area contributed by atoms with E-state index >= 15 is 0 Å². The third-order valence-electron chi connectivity index (χ3n) is 3.28. The Kier molecular flexibility index (Phi) is 4.15. The molecule has 1 aromatic carbocycles. The van der Waals surface area contributed by atoms with Crippen LogP contribution in [0.5, 0.6) is 0 Å². The van der Waals surface area contributed by atoms with E-state index in [9.17, 15) is 0 Å². The van der Waals surface area contributed by atoms with Crippen molar-refractivity contribution in [2.75, 3.05) is 0 Å². The lowest BCUT2D eigenvalue weighted by molar-refractivity contribution is 0.443. The van der Waals surface area contributed by atoms with Gasteiger partial charge < -0.3 is 0 Å². The third kappa shape index (κ3) is 3.48. The van der Waals surface area contributed by atoms with E-state index in [-0.39, 0.29) is 0 Å². The van der Waals surface area contributed by atoms with E-state index in [2.05, 4.69) is 37.3 Å². The predicted molar refractivity (Wildman–Crippen MR) is 70.1 cm³/mol. The number of rotatable bonds is 3. The third-order valence-corrected chi connectivity index (χ3v) is 3.28. The van der Waals surface area contributed by atoms with E-state index in [1.165, 1.54) is 43.4 Å². The van der Waals surface area contributed by atoms with Crippen LogP contribution >= 0.6 is 0 Å². The molecule has 0 atom stereocenters. The maximum Gasteiger partial charge on any atom is 0.0499 e. The zero-order valence-corrected chi connectivity index (χ0v) is 10.2. The van der Waals surface area contributed by atoms with Crippen LogP contribution in [0.2, 0.25) is 0 Å². The minimum absolute atomic E-state index is 0.609. The number of aliphatic imine (C=N–C) groups is 1. The number of benzene rings is 1. The lowest BCUT2D eigenvalue weighted by Gasteiger charge is -2.18. The molecular weight excluding hydrogens is 194 g/mol. The van der Waals surface area contributed by atoms with Crippen LogP contribution in [0.25, 0.3) is 0 Å². The summed E-state index contributed by atoms with van der Waals surface area (Å²) in [7, 11) is 0. The fourth-order valence-electron chi connectivity index (χ4n) is 2.46. The maximum atomic E-state index is 4.85. The monoisotopic (exact) mass is 215 g/mol. The quantitative estimate of drug-likeness (QED) is 0.675. The van der Waals surface area contributed by atoms with Crippen LogP contribution in [0.1, 0.15) is 44.6 Å². The second-order valence-electron chi connectivity index (χ2n) is 4.82. The average molecular weight is 215 g/mol. The minimum atomic E-state index is 0.609. The van der Waals surface area contributed by atoms with Crippen LogP contribution in [0, 0.1) is 0 Å². The Bertz CT molecular complexity index is 334. The normalized spacial score (nSPS) is 18.7. The van der Waals surface area contributed by atoms with Crippen molar-refractivity contribution >= 4 is 5.71 Å². The van der Waals surface area contributed by atoms with Gasteiger partial charge in [-0.3, -0.25) is 4.99 Å². The molecule has 1 nitrogen and oxygen atoms in total. The van der Waals surface area contributed by atoms with Crippen molar-refractivity contribution in [1.82, 2.24) is 0 Å². The fourth-order valence-corrected chi connectivity index (χ4v) is 2.46. The lowest BCUT2D eigenvalue weighted by atomic mass is 9.96. The highest BCUT2D eigenvalue weighted by Gasteiger charge is 2.11. The van der Waals surface area contributed by atoms with Gasteiger partial charge in [0.05, 0.1) is 0 Å². The minimum Gasteiger partial charge on any atom is -0.291 e. The Morgan fingerprint density at radius 1 is 1.12 bits per heavy atom. The maximum absolute atomic E-state index is 4.85. The van der Waals surface area contributed by atoms with Crippen molar-refractivity contribution in [3.05, 3.63) is 35.9 Å². The number of hydrogen-bond acceptors (Lipinski definition) is 1. The molecule has 1 saturated carbocycles. The van der Waals surface area contributed by atoms with Crippen molar-refractivity contribution in [1.29, 1.82) is 0 Å². The summed E-state index contributed by atoms with van der Waals surface area (Å²) in [6.45, 7) is 2.17. The lowest BCUT2D eigenvalue weighted by Crippen LogP contribution is -2.12. The van der Waals surface area contributed by atoms with E-state index in [1.807, 2.05) is 0 Å². The molecule has 1 heteroatoms. The van der Waals surface area contributed by atoms with Gasteiger partial charge in [0.1, 0.15) is 0 Å². The van der Waals surface area contributed by atoms with Crippen molar-refractivity contribution < 1.29 is 0 Å². The first-order valence-corrected chi connectivity index (χ1v) is 6.42. The second-order valence-corrected chi connectivity index (χ2v) is 4.82. The Morgan fingerprint density at radius 2 is 1.81 bits per heavy atom. The largest absolute Gasteiger partial charge is 0.291 e. The van der Waals surface area contributed by atoms with Gasteiger partial charge in [-0.2, -0.15) is 0 Å². The highest BCUT2D eigenvalue weighted by atomic mass is 14.8. The Hall–Kier alpha value is -1.11. The molecule has 0 bridgehead atoms. The van der Waals surface area contributed by atoms with Crippen LogP contribution in [-0.4, -0.2) is 11.8 Å². The molecule has 1 aliphatic rings. The molecule has 2 rings (SSSR count). The van der Waals surface area contributed by atoms with Crippen LogP contribution in [0.15, 0.2) is 35.3 Å². The molecule has 0 unspecified atom stereocenters. The van der Waals surface area contributed by atoms with E-state index in [4.69, 9.17) is 4.99 Å². The van der Waals surface area contributed by atoms with Gasteiger partial charge in [0.2, 0.25) is 0 Å². The SMILES string of the molecule is CC(Cc1ccccc1)=NC1CCCCC1. The summed E-state index contributed by atoms with van der Waals surface area (Å²) in [5.41, 5.74) is 2.66. The van der Waals surface area contributed by atoms with Crippen LogP contribution in [0.4, 0.5) is 0 Å². The molecule has 1 aromatic rings. The molecule has 0 spiro atoms. The molecule has 0 radical (unpaired) electrons. The number of hydrogen-bond donors (Lipinski definition) is 0. The van der Waals surface area contributed by atoms with E-state index in [0.717, 1.165) is 6.42 Å². The summed E-state index contributed by atoms with van der Waals surface area (Å²) in [5.74, 6) is 0. The zero-order valence-electron chi connectivity index (χ0n) is 10.2. The van der Waals surface area contributed by atoms with Gasteiger partial charge in [0.25, 0.3) is 0 Å². The topological polar surface area (TPSA) is 12.4 Å². The standard InChI is InChI=1S/C15H21N/c1-13(12-14-8-4-2-5-9-14)16-15-10-6-3-7-11-15/h2,4-5,8-9,15H,3,6-7,10-12H2,1H3. The summed E-state index contributed by atoms with van der Waals surface area (Å²) >= 11 is 0. The van der Waals surface area contributed by atoms with Crippen molar-refractivity contribution in [3.8, 4) is 0 Å². The van der Waals surface area contributed by atoms with Gasteiger partial charge >= 0.3 is 0 Å². The molecule has 0 aliphatic heterocycles. The van der Waals surface area contributed by atoms with E-state index < -0.39 is 0 Å². The fraction of sp³-hybridized carbons (Fsp3) is 0.533. The summed E-state index contributed by atoms with van der Waals surface area (Å²) < 4.78 is 0. The molecule has 1 aliphatic carbocycles. The Labute approximate surface area is 98.6 Å². The molecule has 16 heavy (non-hydrogen) atoms. The Morgan fingerprint density at radius 3 is 2.50 bits per heavy atom. The first-order chi connectivity index (χ1) is 7.84. The van der Waals surface area contributed by atoms with Crippen molar-refractivity contribution in [2.24, 2.45) is 4.99 Å². The summed E-state index contributed by atoms with van der Waals surface area (Å²) in [5, 5.41) is 0. The smallest absolute Gasteiger partial charge is 0.0499 e. The Balaban J connectivity index is 1.91. The van der Waals surface area contributed by atoms with Crippen LogP contribution in [0.3, 0.4) is 0 Å². The molecular formula is C15H21N. The highest BCUT2D eigenvalue weighted by Crippen LogP contribution is 2.20. The molecule has 0 amide bonds. The average Bonchev–Trinajstić information content (AvgIpc) is 2.31. The zero-order chi connectivity index (χ0) is 11.2. The van der Waals surface area contributed by atoms with Crippen molar-refractivity contribution in [2.45, 2.75) is 51.5 Å². The van der Waals surface area contributed by atoms with Crippen LogP contribution < -0.4 is 0 Å². The predicted octanol–water partition coefficient (Wildman–Crippen LogP) is 4.02.